The van der Waals surface area contributed by atoms with E-state index in [1.165, 1.54) is 4.90 Å². The van der Waals surface area contributed by atoms with Gasteiger partial charge >= 0.3 is 0 Å². The van der Waals surface area contributed by atoms with Crippen LogP contribution in [-0.4, -0.2) is 22.3 Å². The number of hydrogen-bond acceptors (Lipinski definition) is 2. The maximum atomic E-state index is 12.0. The van der Waals surface area contributed by atoms with Crippen molar-refractivity contribution in [2.24, 2.45) is 0 Å². The van der Waals surface area contributed by atoms with E-state index in [0.29, 0.717) is 11.1 Å². The zero-order valence-corrected chi connectivity index (χ0v) is 11.1. The predicted molar refractivity (Wildman–Crippen MR) is 68.0 cm³/mol. The Labute approximate surface area is 102 Å². The van der Waals surface area contributed by atoms with Crippen LogP contribution in [0.3, 0.4) is 0 Å². The van der Waals surface area contributed by atoms with Crippen molar-refractivity contribution in [3.8, 4) is 0 Å². The Hall–Kier alpha value is -1.64. The summed E-state index contributed by atoms with van der Waals surface area (Å²) in [6.45, 7) is 9.57. The second-order valence-electron chi connectivity index (χ2n) is 4.66. The second-order valence-corrected chi connectivity index (χ2v) is 4.66. The maximum Gasteiger partial charge on any atom is 0.262 e. The Morgan fingerprint density at radius 2 is 1.24 bits per heavy atom. The maximum absolute atomic E-state index is 12.0. The third-order valence-electron chi connectivity index (χ3n) is 2.46. The van der Waals surface area contributed by atoms with E-state index in [1.54, 1.807) is 24.3 Å². The molecule has 0 aromatic heterocycles. The number of fused-ring (bicyclic) bond motifs is 1. The molecule has 0 spiro atoms. The monoisotopic (exact) mass is 233 g/mol. The molecular formula is C14H19NO2. The van der Waals surface area contributed by atoms with Gasteiger partial charge in [0.05, 0.1) is 11.1 Å². The van der Waals surface area contributed by atoms with E-state index in [0.717, 1.165) is 0 Å². The molecule has 1 heterocycles. The molecule has 1 aromatic carbocycles. The lowest BCUT2D eigenvalue weighted by atomic mass is 10.1. The summed E-state index contributed by atoms with van der Waals surface area (Å²) < 4.78 is 0. The Morgan fingerprint density at radius 3 is 1.53 bits per heavy atom. The number of rotatable bonds is 0. The first-order chi connectivity index (χ1) is 7.93. The number of amides is 2. The number of hydrogen-bond donors (Lipinski definition) is 0. The van der Waals surface area contributed by atoms with Crippen molar-refractivity contribution in [2.45, 2.75) is 40.2 Å². The molecule has 0 N–H and O–H groups in total. The molecule has 1 aromatic rings. The first-order valence-corrected chi connectivity index (χ1v) is 5.91. The Bertz CT molecular complexity index is 409. The van der Waals surface area contributed by atoms with Gasteiger partial charge in [-0.1, -0.05) is 26.0 Å². The van der Waals surface area contributed by atoms with Crippen LogP contribution >= 0.6 is 0 Å². The van der Waals surface area contributed by atoms with Crippen LogP contribution in [0.4, 0.5) is 0 Å². The molecule has 3 heteroatoms. The lowest BCUT2D eigenvalue weighted by Crippen LogP contribution is -2.45. The summed E-state index contributed by atoms with van der Waals surface area (Å²) in [7, 11) is 0. The van der Waals surface area contributed by atoms with Gasteiger partial charge in [0, 0.05) is 5.54 Å². The number of nitrogens with zero attached hydrogens (tertiary/aromatic N) is 1. The predicted octanol–water partition coefficient (Wildman–Crippen LogP) is 3.11. The van der Waals surface area contributed by atoms with Crippen LogP contribution in [0.25, 0.3) is 0 Å². The summed E-state index contributed by atoms with van der Waals surface area (Å²) in [5.74, 6) is -0.383. The summed E-state index contributed by atoms with van der Waals surface area (Å²) in [6.07, 6.45) is 0. The summed E-state index contributed by atoms with van der Waals surface area (Å²) in [5, 5.41) is 0. The third-order valence-corrected chi connectivity index (χ3v) is 2.46. The molecule has 1 aliphatic rings. The van der Waals surface area contributed by atoms with Crippen LogP contribution in [0.2, 0.25) is 0 Å². The van der Waals surface area contributed by atoms with Crippen LogP contribution < -0.4 is 0 Å². The smallest absolute Gasteiger partial charge is 0.262 e. The molecule has 0 saturated heterocycles. The lowest BCUT2D eigenvalue weighted by Gasteiger charge is -2.29. The van der Waals surface area contributed by atoms with Gasteiger partial charge < -0.3 is 0 Å². The third kappa shape index (κ3) is 2.23. The number of imide groups is 1. The normalized spacial score (nSPS) is 14.3. The molecular weight excluding hydrogens is 214 g/mol. The quantitative estimate of drug-likeness (QED) is 0.646. The fourth-order valence-electron chi connectivity index (χ4n) is 1.80. The molecule has 3 nitrogen and oxygen atoms in total. The van der Waals surface area contributed by atoms with Gasteiger partial charge in [0.25, 0.3) is 11.8 Å². The lowest BCUT2D eigenvalue weighted by molar-refractivity contribution is 0.0508. The highest BCUT2D eigenvalue weighted by molar-refractivity contribution is 6.21. The SMILES string of the molecule is CC.CC(C)(C)N1C(=O)c2ccccc2C1=O. The molecule has 0 radical (unpaired) electrons. The van der Waals surface area contributed by atoms with Gasteiger partial charge in [-0.3, -0.25) is 14.5 Å². The Morgan fingerprint density at radius 1 is 0.882 bits per heavy atom. The average Bonchev–Trinajstić information content (AvgIpc) is 2.54. The summed E-state index contributed by atoms with van der Waals surface area (Å²) in [6, 6.07) is 6.94. The first-order valence-electron chi connectivity index (χ1n) is 5.91. The number of carbonyl (C=O) groups excluding carboxylic acids is 2. The van der Waals surface area contributed by atoms with Crippen LogP contribution in [-0.2, 0) is 0 Å². The molecule has 0 aliphatic carbocycles. The minimum absolute atomic E-state index is 0.192. The van der Waals surface area contributed by atoms with Crippen LogP contribution in [0, 0.1) is 0 Å². The van der Waals surface area contributed by atoms with E-state index in [4.69, 9.17) is 0 Å². The van der Waals surface area contributed by atoms with Crippen LogP contribution in [0.5, 0.6) is 0 Å². The topological polar surface area (TPSA) is 37.4 Å². The van der Waals surface area contributed by atoms with Gasteiger partial charge in [-0.15, -0.1) is 0 Å². The minimum atomic E-state index is -0.465. The van der Waals surface area contributed by atoms with Crippen LogP contribution in [0.1, 0.15) is 55.3 Å². The largest absolute Gasteiger partial charge is 0.269 e. The van der Waals surface area contributed by atoms with Gasteiger partial charge in [0.2, 0.25) is 0 Å². The van der Waals surface area contributed by atoms with E-state index in [-0.39, 0.29) is 11.8 Å². The Kier molecular flexibility index (Phi) is 3.71. The molecule has 0 fully saturated rings. The van der Waals surface area contributed by atoms with Gasteiger partial charge in [-0.25, -0.2) is 0 Å². The highest BCUT2D eigenvalue weighted by Crippen LogP contribution is 2.28. The Balaban J connectivity index is 0.000000686. The van der Waals surface area contributed by atoms with Crippen molar-refractivity contribution in [3.63, 3.8) is 0 Å². The minimum Gasteiger partial charge on any atom is -0.269 e. The fourth-order valence-corrected chi connectivity index (χ4v) is 1.80. The zero-order valence-electron chi connectivity index (χ0n) is 11.1. The van der Waals surface area contributed by atoms with Crippen molar-refractivity contribution < 1.29 is 9.59 Å². The fraction of sp³-hybridized carbons (Fsp3) is 0.429. The molecule has 92 valence electrons. The van der Waals surface area contributed by atoms with E-state index >= 15 is 0 Å². The highest BCUT2D eigenvalue weighted by atomic mass is 16.2. The van der Waals surface area contributed by atoms with Crippen molar-refractivity contribution in [1.82, 2.24) is 4.90 Å². The van der Waals surface area contributed by atoms with Crippen molar-refractivity contribution in [2.75, 3.05) is 0 Å². The van der Waals surface area contributed by atoms with E-state index < -0.39 is 5.54 Å². The van der Waals surface area contributed by atoms with E-state index in [1.807, 2.05) is 34.6 Å². The van der Waals surface area contributed by atoms with Gasteiger partial charge in [0.1, 0.15) is 0 Å². The first kappa shape index (κ1) is 13.4. The van der Waals surface area contributed by atoms with Crippen molar-refractivity contribution >= 4 is 11.8 Å². The average molecular weight is 233 g/mol. The zero-order chi connectivity index (χ0) is 13.2. The molecule has 0 unspecified atom stereocenters. The number of benzene rings is 1. The summed E-state index contributed by atoms with van der Waals surface area (Å²) in [5.41, 5.74) is 0.558. The van der Waals surface area contributed by atoms with Gasteiger partial charge in [0.15, 0.2) is 0 Å². The summed E-state index contributed by atoms with van der Waals surface area (Å²) in [4.78, 5) is 25.2. The second kappa shape index (κ2) is 4.70. The molecule has 2 rings (SSSR count). The van der Waals surface area contributed by atoms with Crippen molar-refractivity contribution in [3.05, 3.63) is 35.4 Å². The molecule has 0 saturated carbocycles. The molecule has 0 bridgehead atoms. The number of carbonyl (C=O) groups is 2. The van der Waals surface area contributed by atoms with Gasteiger partial charge in [-0.05, 0) is 32.9 Å². The summed E-state index contributed by atoms with van der Waals surface area (Å²) >= 11 is 0. The van der Waals surface area contributed by atoms with Crippen molar-refractivity contribution in [1.29, 1.82) is 0 Å². The van der Waals surface area contributed by atoms with Gasteiger partial charge in [-0.2, -0.15) is 0 Å². The molecule has 2 amide bonds. The standard InChI is InChI=1S/C12H13NO2.C2H6/c1-12(2,3)13-10(14)8-6-4-5-7-9(8)11(13)15;1-2/h4-7H,1-3H3;1-2H3. The van der Waals surface area contributed by atoms with Crippen LogP contribution in [0.15, 0.2) is 24.3 Å². The molecule has 17 heavy (non-hydrogen) atoms. The van der Waals surface area contributed by atoms with E-state index in [2.05, 4.69) is 0 Å². The molecule has 0 atom stereocenters. The molecule has 1 aliphatic heterocycles. The van der Waals surface area contributed by atoms with E-state index in [9.17, 15) is 9.59 Å². The highest BCUT2D eigenvalue weighted by Gasteiger charge is 2.41.